The summed E-state index contributed by atoms with van der Waals surface area (Å²) in [6, 6.07) is 9.71. The van der Waals surface area contributed by atoms with Gasteiger partial charge in [0, 0.05) is 47.1 Å². The average Bonchev–Trinajstić information content (AvgIpc) is 3.22. The number of pyridine rings is 1. The Balaban J connectivity index is 1.69. The fraction of sp³-hybridized carbons (Fsp3) is 0.286. The Hall–Kier alpha value is -3.15. The van der Waals surface area contributed by atoms with Gasteiger partial charge in [0.25, 0.3) is 5.91 Å². The lowest BCUT2D eigenvalue weighted by Gasteiger charge is -2.19. The van der Waals surface area contributed by atoms with Crippen LogP contribution in [-0.2, 0) is 6.54 Å². The number of amides is 1. The molecule has 0 saturated heterocycles. The minimum absolute atomic E-state index is 0.0887. The van der Waals surface area contributed by atoms with E-state index in [0.717, 1.165) is 33.5 Å². The van der Waals surface area contributed by atoms with Gasteiger partial charge >= 0.3 is 0 Å². The van der Waals surface area contributed by atoms with Gasteiger partial charge in [0.2, 0.25) is 5.88 Å². The van der Waals surface area contributed by atoms with Gasteiger partial charge in [-0.3, -0.25) is 4.79 Å². The first kappa shape index (κ1) is 17.3. The molecule has 0 atom stereocenters. The predicted octanol–water partition coefficient (Wildman–Crippen LogP) is 4.08. The van der Waals surface area contributed by atoms with Crippen LogP contribution in [0.1, 0.15) is 35.3 Å². The van der Waals surface area contributed by atoms with Crippen molar-refractivity contribution in [2.24, 2.45) is 0 Å². The molecule has 4 rings (SSSR count). The molecule has 0 bridgehead atoms. The standard InChI is InChI=1S/C21H21N3O3/c1-12(2)24-11-16-9-14(5-7-17(16)21(24)25)20-13(3)19(23-27-20)15-6-8-18(26-4)22-10-15/h5-10,12H,11H2,1-4H3. The van der Waals surface area contributed by atoms with E-state index < -0.39 is 0 Å². The molecule has 3 aromatic rings. The summed E-state index contributed by atoms with van der Waals surface area (Å²) < 4.78 is 10.7. The van der Waals surface area contributed by atoms with Crippen LogP contribution in [0.15, 0.2) is 41.1 Å². The summed E-state index contributed by atoms with van der Waals surface area (Å²) >= 11 is 0. The molecule has 1 aliphatic rings. The van der Waals surface area contributed by atoms with Crippen molar-refractivity contribution >= 4 is 5.91 Å². The number of carbonyl (C=O) groups is 1. The molecular formula is C21H21N3O3. The number of rotatable bonds is 4. The second-order valence-corrected chi connectivity index (χ2v) is 6.97. The fourth-order valence-corrected chi connectivity index (χ4v) is 3.42. The molecule has 138 valence electrons. The van der Waals surface area contributed by atoms with Crippen LogP contribution in [0, 0.1) is 6.92 Å². The van der Waals surface area contributed by atoms with Gasteiger partial charge in [-0.15, -0.1) is 0 Å². The van der Waals surface area contributed by atoms with Crippen LogP contribution in [0.2, 0.25) is 0 Å². The molecule has 0 spiro atoms. The van der Waals surface area contributed by atoms with Gasteiger partial charge in [0.05, 0.1) is 7.11 Å². The lowest BCUT2D eigenvalue weighted by atomic mass is 10.0. The molecule has 6 heteroatoms. The van der Waals surface area contributed by atoms with E-state index in [0.29, 0.717) is 18.2 Å². The summed E-state index contributed by atoms with van der Waals surface area (Å²) in [5.41, 5.74) is 5.27. The molecule has 2 aromatic heterocycles. The molecular weight excluding hydrogens is 342 g/mol. The van der Waals surface area contributed by atoms with Gasteiger partial charge in [-0.25, -0.2) is 4.98 Å². The van der Waals surface area contributed by atoms with Gasteiger partial charge in [-0.1, -0.05) is 11.2 Å². The molecule has 0 aliphatic carbocycles. The smallest absolute Gasteiger partial charge is 0.254 e. The molecule has 1 aromatic carbocycles. The van der Waals surface area contributed by atoms with Crippen LogP contribution < -0.4 is 4.74 Å². The number of hydrogen-bond donors (Lipinski definition) is 0. The highest BCUT2D eigenvalue weighted by molar-refractivity contribution is 5.99. The largest absolute Gasteiger partial charge is 0.481 e. The lowest BCUT2D eigenvalue weighted by Crippen LogP contribution is -2.30. The minimum atomic E-state index is 0.0887. The molecule has 0 saturated carbocycles. The van der Waals surface area contributed by atoms with Crippen molar-refractivity contribution in [3.05, 3.63) is 53.2 Å². The second-order valence-electron chi connectivity index (χ2n) is 6.97. The normalized spacial score (nSPS) is 13.4. The second kappa shape index (κ2) is 6.54. The third-order valence-corrected chi connectivity index (χ3v) is 4.97. The van der Waals surface area contributed by atoms with E-state index in [2.05, 4.69) is 10.1 Å². The molecule has 6 nitrogen and oxygen atoms in total. The highest BCUT2D eigenvalue weighted by Gasteiger charge is 2.29. The Morgan fingerprint density at radius 3 is 2.63 bits per heavy atom. The van der Waals surface area contributed by atoms with E-state index in [9.17, 15) is 4.79 Å². The van der Waals surface area contributed by atoms with Crippen molar-refractivity contribution in [3.8, 4) is 28.5 Å². The highest BCUT2D eigenvalue weighted by atomic mass is 16.5. The van der Waals surface area contributed by atoms with Crippen LogP contribution in [-0.4, -0.2) is 34.1 Å². The Bertz CT molecular complexity index is 1010. The first-order chi connectivity index (χ1) is 13.0. The third kappa shape index (κ3) is 2.87. The van der Waals surface area contributed by atoms with Crippen LogP contribution in [0.5, 0.6) is 5.88 Å². The van der Waals surface area contributed by atoms with Gasteiger partial charge in [0.1, 0.15) is 5.69 Å². The number of aromatic nitrogens is 2. The number of benzene rings is 1. The van der Waals surface area contributed by atoms with Crippen molar-refractivity contribution in [2.75, 3.05) is 7.11 Å². The molecule has 0 unspecified atom stereocenters. The summed E-state index contributed by atoms with van der Waals surface area (Å²) in [7, 11) is 1.58. The molecule has 1 aliphatic heterocycles. The van der Waals surface area contributed by atoms with E-state index in [4.69, 9.17) is 9.26 Å². The van der Waals surface area contributed by atoms with Gasteiger partial charge in [0.15, 0.2) is 5.76 Å². The van der Waals surface area contributed by atoms with Crippen molar-refractivity contribution in [1.82, 2.24) is 15.0 Å². The average molecular weight is 363 g/mol. The van der Waals surface area contributed by atoms with Crippen molar-refractivity contribution < 1.29 is 14.1 Å². The molecule has 0 radical (unpaired) electrons. The first-order valence-corrected chi connectivity index (χ1v) is 8.90. The predicted molar refractivity (Wildman–Crippen MR) is 101 cm³/mol. The number of carbonyl (C=O) groups excluding carboxylic acids is 1. The van der Waals surface area contributed by atoms with Gasteiger partial charge < -0.3 is 14.2 Å². The maximum atomic E-state index is 12.5. The Morgan fingerprint density at radius 1 is 1.19 bits per heavy atom. The monoisotopic (exact) mass is 363 g/mol. The van der Waals surface area contributed by atoms with E-state index in [-0.39, 0.29) is 11.9 Å². The maximum absolute atomic E-state index is 12.5. The molecule has 1 amide bonds. The van der Waals surface area contributed by atoms with E-state index in [1.165, 1.54) is 0 Å². The van der Waals surface area contributed by atoms with Crippen LogP contribution in [0.4, 0.5) is 0 Å². The van der Waals surface area contributed by atoms with Crippen LogP contribution in [0.3, 0.4) is 0 Å². The highest BCUT2D eigenvalue weighted by Crippen LogP contribution is 2.34. The van der Waals surface area contributed by atoms with Gasteiger partial charge in [-0.2, -0.15) is 0 Å². The summed E-state index contributed by atoms with van der Waals surface area (Å²) in [5, 5.41) is 4.24. The zero-order valence-electron chi connectivity index (χ0n) is 15.8. The number of fused-ring (bicyclic) bond motifs is 1. The summed E-state index contributed by atoms with van der Waals surface area (Å²) in [6.45, 7) is 6.66. The molecule has 0 N–H and O–H groups in total. The Labute approximate surface area is 157 Å². The maximum Gasteiger partial charge on any atom is 0.254 e. The molecule has 3 heterocycles. The summed E-state index contributed by atoms with van der Waals surface area (Å²) in [6.07, 6.45) is 1.72. The van der Waals surface area contributed by atoms with E-state index in [1.807, 2.05) is 49.9 Å². The molecule has 0 fully saturated rings. The Morgan fingerprint density at radius 2 is 1.96 bits per heavy atom. The summed E-state index contributed by atoms with van der Waals surface area (Å²) in [5.74, 6) is 1.35. The SMILES string of the molecule is COc1ccc(-c2noc(-c3ccc4c(c3)CN(C(C)C)C4=O)c2C)cn1. The Kier molecular flexibility index (Phi) is 4.18. The zero-order chi connectivity index (χ0) is 19.1. The minimum Gasteiger partial charge on any atom is -0.481 e. The molecule has 27 heavy (non-hydrogen) atoms. The summed E-state index contributed by atoms with van der Waals surface area (Å²) in [4.78, 5) is 18.6. The number of hydrogen-bond acceptors (Lipinski definition) is 5. The number of nitrogens with zero attached hydrogens (tertiary/aromatic N) is 3. The van der Waals surface area contributed by atoms with Gasteiger partial charge in [-0.05, 0) is 44.5 Å². The number of ether oxygens (including phenoxy) is 1. The van der Waals surface area contributed by atoms with Crippen molar-refractivity contribution in [1.29, 1.82) is 0 Å². The van der Waals surface area contributed by atoms with E-state index in [1.54, 1.807) is 19.4 Å². The number of methoxy groups -OCH3 is 1. The fourth-order valence-electron chi connectivity index (χ4n) is 3.42. The lowest BCUT2D eigenvalue weighted by molar-refractivity contribution is 0.0730. The quantitative estimate of drug-likeness (QED) is 0.698. The van der Waals surface area contributed by atoms with Crippen molar-refractivity contribution in [2.45, 2.75) is 33.4 Å². The topological polar surface area (TPSA) is 68.5 Å². The first-order valence-electron chi connectivity index (χ1n) is 8.90. The third-order valence-electron chi connectivity index (χ3n) is 4.97. The zero-order valence-corrected chi connectivity index (χ0v) is 15.8. The van der Waals surface area contributed by atoms with Crippen LogP contribution >= 0.6 is 0 Å². The van der Waals surface area contributed by atoms with Crippen LogP contribution in [0.25, 0.3) is 22.6 Å². The van der Waals surface area contributed by atoms with Crippen molar-refractivity contribution in [3.63, 3.8) is 0 Å². The van der Waals surface area contributed by atoms with E-state index >= 15 is 0 Å².